The number of carbonyl (C=O) groups is 1. The van der Waals surface area contributed by atoms with E-state index in [9.17, 15) is 4.79 Å². The fourth-order valence-corrected chi connectivity index (χ4v) is 1.65. The third-order valence-corrected chi connectivity index (χ3v) is 2.62. The Hall–Kier alpha value is -1.51. The standard InChI is InChI=1S/C11H12O3/c1-7(11(12)13)10-6-8-4-2-3-5-9(8)14-10/h2-5,7,10H,6H2,1H3,(H,12,13)/t7-,10?/m0/s1. The van der Waals surface area contributed by atoms with Gasteiger partial charge in [-0.1, -0.05) is 18.2 Å². The highest BCUT2D eigenvalue weighted by molar-refractivity contribution is 5.70. The molecule has 3 heteroatoms. The van der Waals surface area contributed by atoms with Gasteiger partial charge in [0, 0.05) is 6.42 Å². The molecule has 14 heavy (non-hydrogen) atoms. The van der Waals surface area contributed by atoms with Crippen LogP contribution in [0.1, 0.15) is 12.5 Å². The van der Waals surface area contributed by atoms with Gasteiger partial charge in [0.1, 0.15) is 11.9 Å². The van der Waals surface area contributed by atoms with Crippen LogP contribution < -0.4 is 4.74 Å². The molecule has 0 radical (unpaired) electrons. The number of hydrogen-bond donors (Lipinski definition) is 1. The van der Waals surface area contributed by atoms with Gasteiger partial charge in [0.15, 0.2) is 0 Å². The normalized spacial score (nSPS) is 21.1. The fraction of sp³-hybridized carbons (Fsp3) is 0.364. The number of para-hydroxylation sites is 1. The molecule has 1 N–H and O–H groups in total. The maximum absolute atomic E-state index is 10.8. The topological polar surface area (TPSA) is 46.5 Å². The second-order valence-electron chi connectivity index (χ2n) is 3.60. The second kappa shape index (κ2) is 3.33. The summed E-state index contributed by atoms with van der Waals surface area (Å²) in [6, 6.07) is 7.69. The predicted octanol–water partition coefficient (Wildman–Crippen LogP) is 1.71. The maximum atomic E-state index is 10.8. The largest absolute Gasteiger partial charge is 0.489 e. The van der Waals surface area contributed by atoms with E-state index in [2.05, 4.69) is 0 Å². The van der Waals surface area contributed by atoms with Gasteiger partial charge >= 0.3 is 5.97 Å². The lowest BCUT2D eigenvalue weighted by Crippen LogP contribution is -2.29. The molecule has 0 aromatic heterocycles. The SMILES string of the molecule is C[C@H](C(=O)O)C1Cc2ccccc2O1. The number of carboxylic acids is 1. The lowest BCUT2D eigenvalue weighted by Gasteiger charge is -2.14. The highest BCUT2D eigenvalue weighted by Crippen LogP contribution is 2.31. The first-order valence-electron chi connectivity index (χ1n) is 4.66. The molecule has 0 bridgehead atoms. The first-order valence-corrected chi connectivity index (χ1v) is 4.66. The van der Waals surface area contributed by atoms with Crippen LogP contribution in [0.2, 0.25) is 0 Å². The van der Waals surface area contributed by atoms with Crippen LogP contribution in [0.15, 0.2) is 24.3 Å². The second-order valence-corrected chi connectivity index (χ2v) is 3.60. The molecule has 0 amide bonds. The summed E-state index contributed by atoms with van der Waals surface area (Å²) in [4.78, 5) is 10.8. The summed E-state index contributed by atoms with van der Waals surface area (Å²) in [6.45, 7) is 1.68. The molecule has 1 unspecified atom stereocenters. The molecule has 0 fully saturated rings. The van der Waals surface area contributed by atoms with Gasteiger partial charge in [0.2, 0.25) is 0 Å². The summed E-state index contributed by atoms with van der Waals surface area (Å²) in [7, 11) is 0. The lowest BCUT2D eigenvalue weighted by atomic mass is 10.0. The van der Waals surface area contributed by atoms with Crippen molar-refractivity contribution < 1.29 is 14.6 Å². The smallest absolute Gasteiger partial charge is 0.309 e. The molecular formula is C11H12O3. The third-order valence-electron chi connectivity index (χ3n) is 2.62. The van der Waals surface area contributed by atoms with Gasteiger partial charge in [-0.25, -0.2) is 0 Å². The Labute approximate surface area is 82.3 Å². The minimum Gasteiger partial charge on any atom is -0.489 e. The molecule has 0 saturated heterocycles. The van der Waals surface area contributed by atoms with Crippen molar-refractivity contribution in [3.63, 3.8) is 0 Å². The zero-order valence-corrected chi connectivity index (χ0v) is 7.93. The minimum atomic E-state index is -0.803. The first-order chi connectivity index (χ1) is 6.68. The minimum absolute atomic E-state index is 0.218. The van der Waals surface area contributed by atoms with E-state index in [1.807, 2.05) is 24.3 Å². The summed E-state index contributed by atoms with van der Waals surface area (Å²) in [5, 5.41) is 8.84. The van der Waals surface area contributed by atoms with E-state index < -0.39 is 11.9 Å². The van der Waals surface area contributed by atoms with Crippen molar-refractivity contribution in [3.05, 3.63) is 29.8 Å². The summed E-state index contributed by atoms with van der Waals surface area (Å²) >= 11 is 0. The zero-order valence-electron chi connectivity index (χ0n) is 7.93. The Morgan fingerprint density at radius 2 is 2.29 bits per heavy atom. The van der Waals surface area contributed by atoms with Crippen molar-refractivity contribution in [2.24, 2.45) is 5.92 Å². The molecule has 1 aromatic carbocycles. The molecule has 0 aliphatic carbocycles. The summed E-state index contributed by atoms with van der Waals surface area (Å²) < 4.78 is 5.55. The van der Waals surface area contributed by atoms with Crippen LogP contribution in [0.3, 0.4) is 0 Å². The van der Waals surface area contributed by atoms with Crippen molar-refractivity contribution in [2.45, 2.75) is 19.4 Å². The number of ether oxygens (including phenoxy) is 1. The number of aliphatic carboxylic acids is 1. The van der Waals surface area contributed by atoms with E-state index in [0.29, 0.717) is 6.42 Å². The molecule has 2 atom stereocenters. The number of fused-ring (bicyclic) bond motifs is 1. The van der Waals surface area contributed by atoms with Crippen molar-refractivity contribution in [1.82, 2.24) is 0 Å². The Balaban J connectivity index is 2.15. The van der Waals surface area contributed by atoms with Gasteiger partial charge in [-0.15, -0.1) is 0 Å². The van der Waals surface area contributed by atoms with Gasteiger partial charge in [-0.05, 0) is 18.6 Å². The Kier molecular flexibility index (Phi) is 2.15. The summed E-state index contributed by atoms with van der Waals surface area (Å²) in [6.07, 6.45) is 0.480. The lowest BCUT2D eigenvalue weighted by molar-refractivity contribution is -0.143. The van der Waals surface area contributed by atoms with Crippen LogP contribution >= 0.6 is 0 Å². The number of rotatable bonds is 2. The van der Waals surface area contributed by atoms with Crippen molar-refractivity contribution in [1.29, 1.82) is 0 Å². The van der Waals surface area contributed by atoms with Crippen LogP contribution in [0.25, 0.3) is 0 Å². The molecular weight excluding hydrogens is 180 g/mol. The van der Waals surface area contributed by atoms with Gasteiger partial charge in [-0.2, -0.15) is 0 Å². The van der Waals surface area contributed by atoms with Crippen LogP contribution in [0.5, 0.6) is 5.75 Å². The Morgan fingerprint density at radius 3 is 2.93 bits per heavy atom. The van der Waals surface area contributed by atoms with Gasteiger partial charge < -0.3 is 9.84 Å². The Bertz CT molecular complexity index is 334. The monoisotopic (exact) mass is 192 g/mol. The van der Waals surface area contributed by atoms with Crippen LogP contribution in [-0.4, -0.2) is 17.2 Å². The van der Waals surface area contributed by atoms with Crippen molar-refractivity contribution in [2.75, 3.05) is 0 Å². The molecule has 74 valence electrons. The highest BCUT2D eigenvalue weighted by Gasteiger charge is 2.31. The summed E-state index contributed by atoms with van der Waals surface area (Å²) in [5.74, 6) is -0.434. The van der Waals surface area contributed by atoms with Gasteiger partial charge in [0.05, 0.1) is 5.92 Å². The quantitative estimate of drug-likeness (QED) is 0.775. The van der Waals surface area contributed by atoms with E-state index in [4.69, 9.17) is 9.84 Å². The first kappa shape index (κ1) is 9.06. The molecule has 1 heterocycles. The van der Waals surface area contributed by atoms with E-state index >= 15 is 0 Å². The average Bonchev–Trinajstić information content (AvgIpc) is 2.59. The average molecular weight is 192 g/mol. The van der Waals surface area contributed by atoms with Crippen molar-refractivity contribution in [3.8, 4) is 5.75 Å². The predicted molar refractivity (Wildman–Crippen MR) is 51.4 cm³/mol. The Morgan fingerprint density at radius 1 is 1.57 bits per heavy atom. The van der Waals surface area contributed by atoms with Crippen LogP contribution in [0.4, 0.5) is 0 Å². The third kappa shape index (κ3) is 1.45. The van der Waals surface area contributed by atoms with E-state index in [1.54, 1.807) is 6.92 Å². The molecule has 1 aromatic rings. The van der Waals surface area contributed by atoms with E-state index in [1.165, 1.54) is 0 Å². The molecule has 1 aliphatic heterocycles. The molecule has 2 rings (SSSR count). The molecule has 1 aliphatic rings. The van der Waals surface area contributed by atoms with E-state index in [-0.39, 0.29) is 6.10 Å². The highest BCUT2D eigenvalue weighted by atomic mass is 16.5. The molecule has 0 spiro atoms. The number of hydrogen-bond acceptors (Lipinski definition) is 2. The van der Waals surface area contributed by atoms with Crippen molar-refractivity contribution >= 4 is 5.97 Å². The van der Waals surface area contributed by atoms with Gasteiger partial charge in [0.25, 0.3) is 0 Å². The number of benzene rings is 1. The zero-order chi connectivity index (χ0) is 10.1. The van der Waals surface area contributed by atoms with Crippen LogP contribution in [-0.2, 0) is 11.2 Å². The summed E-state index contributed by atoms with van der Waals surface area (Å²) in [5.41, 5.74) is 1.10. The number of carboxylic acid groups (broad SMARTS) is 1. The molecule has 3 nitrogen and oxygen atoms in total. The van der Waals surface area contributed by atoms with Crippen LogP contribution in [0, 0.1) is 5.92 Å². The maximum Gasteiger partial charge on any atom is 0.309 e. The van der Waals surface area contributed by atoms with Gasteiger partial charge in [-0.3, -0.25) is 4.79 Å². The molecule has 0 saturated carbocycles. The van der Waals surface area contributed by atoms with E-state index in [0.717, 1.165) is 11.3 Å². The fourth-order valence-electron chi connectivity index (χ4n) is 1.65.